The molecule has 1 aromatic heterocycles. The maximum atomic E-state index is 13.5. The van der Waals surface area contributed by atoms with Crippen molar-refractivity contribution in [2.24, 2.45) is 0 Å². The van der Waals surface area contributed by atoms with E-state index in [0.717, 1.165) is 6.20 Å². The first-order valence-electron chi connectivity index (χ1n) is 7.54. The van der Waals surface area contributed by atoms with Crippen LogP contribution in [0.15, 0.2) is 6.20 Å². The first kappa shape index (κ1) is 20.1. The van der Waals surface area contributed by atoms with Crippen LogP contribution in [0.25, 0.3) is 0 Å². The molecule has 8 heteroatoms. The number of alkyl halides is 6. The molecule has 0 amide bonds. The van der Waals surface area contributed by atoms with Gasteiger partial charge in [0.05, 0.1) is 13.6 Å². The lowest BCUT2D eigenvalue weighted by atomic mass is 10.2. The molecular formula is C15H23F6NSi. The topological polar surface area (TPSA) is 15.8 Å². The molecule has 0 bridgehead atoms. The molecule has 0 aliphatic rings. The van der Waals surface area contributed by atoms with Gasteiger partial charge in [-0.05, 0) is 21.8 Å². The first-order chi connectivity index (χ1) is 10.2. The van der Waals surface area contributed by atoms with E-state index < -0.39 is 31.7 Å². The van der Waals surface area contributed by atoms with Crippen molar-refractivity contribution < 1.29 is 26.3 Å². The van der Waals surface area contributed by atoms with Crippen LogP contribution < -0.4 is 5.19 Å². The summed E-state index contributed by atoms with van der Waals surface area (Å²) in [6, 6.07) is 0. The third kappa shape index (κ3) is 3.32. The monoisotopic (exact) mass is 359 g/mol. The predicted octanol–water partition coefficient (Wildman–Crippen LogP) is 5.94. The van der Waals surface area contributed by atoms with Crippen molar-refractivity contribution in [3.05, 3.63) is 17.5 Å². The van der Waals surface area contributed by atoms with Crippen molar-refractivity contribution in [3.63, 3.8) is 0 Å². The summed E-state index contributed by atoms with van der Waals surface area (Å²) in [7, 11) is -2.87. The van der Waals surface area contributed by atoms with Crippen LogP contribution in [-0.2, 0) is 12.4 Å². The minimum absolute atomic E-state index is 0.125. The molecule has 0 fully saturated rings. The summed E-state index contributed by atoms with van der Waals surface area (Å²) >= 11 is 0. The lowest BCUT2D eigenvalue weighted by Crippen LogP contribution is -2.57. The number of aromatic nitrogens is 1. The highest BCUT2D eigenvalue weighted by atomic mass is 28.3. The second kappa shape index (κ2) is 6.18. The number of halogens is 6. The Hall–Kier alpha value is -0.923. The lowest BCUT2D eigenvalue weighted by Gasteiger charge is -2.43. The highest BCUT2D eigenvalue weighted by Gasteiger charge is 2.54. The Bertz CT molecular complexity index is 517. The molecule has 1 nitrogen and oxygen atoms in total. The van der Waals surface area contributed by atoms with Crippen molar-refractivity contribution in [1.82, 2.24) is 4.98 Å². The average Bonchev–Trinajstić information content (AvgIpc) is 2.72. The molecule has 1 N–H and O–H groups in total. The van der Waals surface area contributed by atoms with Gasteiger partial charge < -0.3 is 4.98 Å². The fraction of sp³-hybridized carbons (Fsp3) is 0.733. The number of nitrogens with one attached hydrogen (secondary N) is 1. The van der Waals surface area contributed by atoms with Crippen molar-refractivity contribution in [2.75, 3.05) is 0 Å². The predicted molar refractivity (Wildman–Crippen MR) is 81.5 cm³/mol. The first-order valence-corrected chi connectivity index (χ1v) is 9.77. The Morgan fingerprint density at radius 1 is 0.783 bits per heavy atom. The molecule has 1 heterocycles. The van der Waals surface area contributed by atoms with Gasteiger partial charge in [-0.1, -0.05) is 41.5 Å². The van der Waals surface area contributed by atoms with Gasteiger partial charge in [0, 0.05) is 6.20 Å². The molecule has 0 spiro atoms. The third-order valence-corrected chi connectivity index (χ3v) is 11.8. The fourth-order valence-electron chi connectivity index (χ4n) is 4.22. The average molecular weight is 359 g/mol. The number of hydrogen-bond acceptors (Lipinski definition) is 0. The zero-order chi connectivity index (χ0) is 18.4. The molecule has 0 saturated heterocycles. The van der Waals surface area contributed by atoms with E-state index in [2.05, 4.69) is 0 Å². The largest absolute Gasteiger partial charge is 0.431 e. The van der Waals surface area contributed by atoms with E-state index in [-0.39, 0.29) is 21.8 Å². The standard InChI is InChI=1S/C15H23F6NSi/c1-8(2)23(9(3)4,10(5)6)11-7-22-13(15(19,20)21)12(11)14(16,17)18/h7-10,22H,1-6H3. The van der Waals surface area contributed by atoms with E-state index in [1.54, 1.807) is 0 Å². The normalized spacial score (nSPS) is 14.4. The molecule has 1 rings (SSSR count). The highest BCUT2D eigenvalue weighted by molar-refractivity contribution is 6.95. The summed E-state index contributed by atoms with van der Waals surface area (Å²) in [5.74, 6) is 0. The van der Waals surface area contributed by atoms with E-state index in [4.69, 9.17) is 0 Å². The highest BCUT2D eigenvalue weighted by Crippen LogP contribution is 2.46. The van der Waals surface area contributed by atoms with Gasteiger partial charge in [0.2, 0.25) is 0 Å². The van der Waals surface area contributed by atoms with Crippen LogP contribution in [-0.4, -0.2) is 13.1 Å². The molecule has 23 heavy (non-hydrogen) atoms. The smallest absolute Gasteiger partial charge is 0.357 e. The second-order valence-electron chi connectivity index (χ2n) is 6.84. The van der Waals surface area contributed by atoms with Crippen LogP contribution in [0, 0.1) is 0 Å². The van der Waals surface area contributed by atoms with Crippen LogP contribution in [0.2, 0.25) is 16.6 Å². The molecular weight excluding hydrogens is 336 g/mol. The Balaban J connectivity index is 3.86. The van der Waals surface area contributed by atoms with Crippen molar-refractivity contribution in [3.8, 4) is 0 Å². The van der Waals surface area contributed by atoms with Crippen LogP contribution in [0.3, 0.4) is 0 Å². The quantitative estimate of drug-likeness (QED) is 0.506. The molecule has 134 valence electrons. The lowest BCUT2D eigenvalue weighted by molar-refractivity contribution is -0.163. The Labute approximate surface area is 133 Å². The van der Waals surface area contributed by atoms with E-state index in [0.29, 0.717) is 0 Å². The van der Waals surface area contributed by atoms with Gasteiger partial charge in [0.1, 0.15) is 5.69 Å². The number of rotatable bonds is 4. The molecule has 0 saturated carbocycles. The summed E-state index contributed by atoms with van der Waals surface area (Å²) < 4.78 is 79.7. The molecule has 0 aromatic carbocycles. The maximum absolute atomic E-state index is 13.5. The second-order valence-corrected chi connectivity index (χ2v) is 12.7. The molecule has 1 aromatic rings. The molecule has 0 radical (unpaired) electrons. The molecule has 0 aliphatic heterocycles. The van der Waals surface area contributed by atoms with E-state index >= 15 is 0 Å². The molecule has 0 aliphatic carbocycles. The van der Waals surface area contributed by atoms with E-state index in [1.807, 2.05) is 46.5 Å². The summed E-state index contributed by atoms with van der Waals surface area (Å²) in [5, 5.41) is -0.155. The zero-order valence-electron chi connectivity index (χ0n) is 14.1. The van der Waals surface area contributed by atoms with Gasteiger partial charge in [0.15, 0.2) is 0 Å². The molecule has 0 unspecified atom stereocenters. The zero-order valence-corrected chi connectivity index (χ0v) is 15.1. The van der Waals surface area contributed by atoms with Crippen LogP contribution in [0.5, 0.6) is 0 Å². The Kier molecular flexibility index (Phi) is 5.41. The summed E-state index contributed by atoms with van der Waals surface area (Å²) in [6.07, 6.45) is -9.15. The van der Waals surface area contributed by atoms with Crippen molar-refractivity contribution in [1.29, 1.82) is 0 Å². The summed E-state index contributed by atoms with van der Waals surface area (Å²) in [6.45, 7) is 10.9. The van der Waals surface area contributed by atoms with Crippen molar-refractivity contribution in [2.45, 2.75) is 70.5 Å². The number of hydrogen-bond donors (Lipinski definition) is 1. The number of aromatic amines is 1. The van der Waals surface area contributed by atoms with Crippen LogP contribution in [0.4, 0.5) is 26.3 Å². The van der Waals surface area contributed by atoms with Gasteiger partial charge in [-0.25, -0.2) is 0 Å². The summed E-state index contributed by atoms with van der Waals surface area (Å²) in [5.41, 5.74) is -3.58. The molecule has 0 atom stereocenters. The van der Waals surface area contributed by atoms with Gasteiger partial charge in [-0.15, -0.1) is 0 Å². The van der Waals surface area contributed by atoms with Crippen molar-refractivity contribution >= 4 is 13.3 Å². The fourth-order valence-corrected chi connectivity index (χ4v) is 11.1. The SMILES string of the molecule is CC(C)[Si](c1c[nH]c(C(F)(F)F)c1C(F)(F)F)(C(C)C)C(C)C. The Morgan fingerprint density at radius 3 is 1.43 bits per heavy atom. The van der Waals surface area contributed by atoms with Crippen LogP contribution >= 0.6 is 0 Å². The summed E-state index contributed by atoms with van der Waals surface area (Å²) in [4.78, 5) is 1.88. The maximum Gasteiger partial charge on any atom is 0.431 e. The van der Waals surface area contributed by atoms with Crippen LogP contribution in [0.1, 0.15) is 52.8 Å². The van der Waals surface area contributed by atoms with E-state index in [1.165, 1.54) is 0 Å². The minimum Gasteiger partial charge on any atom is -0.357 e. The van der Waals surface area contributed by atoms with Gasteiger partial charge >= 0.3 is 12.4 Å². The van der Waals surface area contributed by atoms with Gasteiger partial charge in [-0.3, -0.25) is 0 Å². The minimum atomic E-state index is -5.06. The third-order valence-electron chi connectivity index (χ3n) is 4.78. The van der Waals surface area contributed by atoms with Gasteiger partial charge in [-0.2, -0.15) is 26.3 Å². The Morgan fingerprint density at radius 2 is 1.17 bits per heavy atom. The number of H-pyrrole nitrogens is 1. The van der Waals surface area contributed by atoms with Gasteiger partial charge in [0.25, 0.3) is 0 Å². The van der Waals surface area contributed by atoms with E-state index in [9.17, 15) is 26.3 Å².